The van der Waals surface area contributed by atoms with Gasteiger partial charge < -0.3 is 9.47 Å². The number of ether oxygens (including phenoxy) is 2. The maximum Gasteiger partial charge on any atom is 0.412 e. The number of carbonyl (C=O) groups excluding carboxylic acids is 1. The number of unbranched alkanes of at least 4 members (excludes halogenated alkanes) is 3. The average Bonchev–Trinajstić information content (AvgIpc) is 3.09. The topological polar surface area (TPSA) is 51.1 Å². The summed E-state index contributed by atoms with van der Waals surface area (Å²) in [7, 11) is 0. The monoisotopic (exact) mass is 492 g/mol. The van der Waals surface area contributed by atoms with Crippen LogP contribution < -0.4 is 0 Å². The van der Waals surface area contributed by atoms with Crippen molar-refractivity contribution in [2.24, 2.45) is 4.99 Å². The van der Waals surface area contributed by atoms with Crippen LogP contribution >= 0.6 is 0 Å². The molecule has 0 bridgehead atoms. The fourth-order valence-corrected chi connectivity index (χ4v) is 5.07. The van der Waals surface area contributed by atoms with Crippen molar-refractivity contribution in [3.8, 4) is 0 Å². The molecular weight excluding hydrogens is 448 g/mol. The van der Waals surface area contributed by atoms with Gasteiger partial charge in [-0.25, -0.2) is 4.79 Å². The van der Waals surface area contributed by atoms with Crippen molar-refractivity contribution in [1.82, 2.24) is 4.90 Å². The Labute approximate surface area is 217 Å². The lowest BCUT2D eigenvalue weighted by molar-refractivity contribution is -0.0610. The van der Waals surface area contributed by atoms with E-state index in [4.69, 9.17) is 14.5 Å². The Balaban J connectivity index is 1.95. The summed E-state index contributed by atoms with van der Waals surface area (Å²) in [5.41, 5.74) is 1.92. The maximum atomic E-state index is 13.6. The predicted molar refractivity (Wildman–Crippen MR) is 148 cm³/mol. The molecule has 0 aliphatic carbocycles. The van der Waals surface area contributed by atoms with Crippen molar-refractivity contribution >= 4 is 11.8 Å². The van der Waals surface area contributed by atoms with Crippen LogP contribution in [0.4, 0.5) is 4.79 Å². The summed E-state index contributed by atoms with van der Waals surface area (Å²) in [6.45, 7) is 12.7. The highest BCUT2D eigenvalue weighted by Gasteiger charge is 2.50. The minimum atomic E-state index is -0.711. The maximum absolute atomic E-state index is 13.6. The number of nitrogens with zero attached hydrogens (tertiary/aromatic N) is 2. The predicted octanol–water partition coefficient (Wildman–Crippen LogP) is 7.63. The summed E-state index contributed by atoms with van der Waals surface area (Å²) in [5, 5.41) is 0. The highest BCUT2D eigenvalue weighted by molar-refractivity contribution is 6.13. The normalized spacial score (nSPS) is 17.9. The third-order valence-corrected chi connectivity index (χ3v) is 6.94. The Morgan fingerprint density at radius 3 is 2.00 bits per heavy atom. The molecular formula is C31H44N2O3. The van der Waals surface area contributed by atoms with Crippen LogP contribution in [-0.4, -0.2) is 46.7 Å². The summed E-state index contributed by atoms with van der Waals surface area (Å²) >= 11 is 0. The third kappa shape index (κ3) is 6.97. The largest absolute Gasteiger partial charge is 0.444 e. The van der Waals surface area contributed by atoms with Gasteiger partial charge in [0.05, 0.1) is 23.9 Å². The molecule has 0 aromatic heterocycles. The van der Waals surface area contributed by atoms with Crippen LogP contribution in [0.5, 0.6) is 0 Å². The van der Waals surface area contributed by atoms with Gasteiger partial charge in [-0.3, -0.25) is 9.89 Å². The van der Waals surface area contributed by atoms with Gasteiger partial charge in [0.1, 0.15) is 11.8 Å². The van der Waals surface area contributed by atoms with Gasteiger partial charge in [-0.1, -0.05) is 93.8 Å². The summed E-state index contributed by atoms with van der Waals surface area (Å²) < 4.78 is 12.3. The Kier molecular flexibility index (Phi) is 9.72. The van der Waals surface area contributed by atoms with Crippen molar-refractivity contribution in [2.45, 2.75) is 103 Å². The molecule has 2 aromatic rings. The first-order valence-corrected chi connectivity index (χ1v) is 13.5. The van der Waals surface area contributed by atoms with Crippen LogP contribution in [0, 0.1) is 0 Å². The molecule has 5 heteroatoms. The van der Waals surface area contributed by atoms with E-state index < -0.39 is 11.3 Å². The average molecular weight is 493 g/mol. The fourth-order valence-electron chi connectivity index (χ4n) is 5.07. The van der Waals surface area contributed by atoms with Crippen LogP contribution in [0.1, 0.15) is 91.2 Å². The van der Waals surface area contributed by atoms with Crippen LogP contribution in [0.3, 0.4) is 0 Å². The number of hydrogen-bond donors (Lipinski definition) is 0. The van der Waals surface area contributed by atoms with Gasteiger partial charge in [0, 0.05) is 11.1 Å². The zero-order chi connectivity index (χ0) is 26.2. The number of carbonyl (C=O) groups is 1. The standard InChI is InChI=1S/C31H44N2O3/c1-7-9-10-17-22-27(36-29(34)33-30(3,4)23-35-31(33,5)6)26(8-2)32-28(24-18-13-11-14-19-24)25-20-15-12-16-21-25/h11-16,18-21,26-27H,7-10,17,22-23H2,1-6H3/t26-,27-/m1/s1. The highest BCUT2D eigenvalue weighted by atomic mass is 16.6. The minimum absolute atomic E-state index is 0.152. The lowest BCUT2D eigenvalue weighted by Gasteiger charge is -2.38. The lowest BCUT2D eigenvalue weighted by Crippen LogP contribution is -2.54. The van der Waals surface area contributed by atoms with E-state index >= 15 is 0 Å². The third-order valence-electron chi connectivity index (χ3n) is 6.94. The van der Waals surface area contributed by atoms with Gasteiger partial charge in [0.2, 0.25) is 0 Å². The van der Waals surface area contributed by atoms with E-state index in [0.717, 1.165) is 42.5 Å². The summed E-state index contributed by atoms with van der Waals surface area (Å²) in [4.78, 5) is 20.6. The molecule has 1 aliphatic heterocycles. The second-order valence-corrected chi connectivity index (χ2v) is 10.8. The molecule has 0 unspecified atom stereocenters. The lowest BCUT2D eigenvalue weighted by atomic mass is 9.98. The van der Waals surface area contributed by atoms with E-state index in [2.05, 4.69) is 38.1 Å². The Bertz CT molecular complexity index is 928. The smallest absolute Gasteiger partial charge is 0.412 e. The Hall–Kier alpha value is -2.66. The quantitative estimate of drug-likeness (QED) is 0.239. The molecule has 0 spiro atoms. The molecule has 0 radical (unpaired) electrons. The molecule has 1 saturated heterocycles. The first kappa shape index (κ1) is 27.9. The van der Waals surface area contributed by atoms with Crippen molar-refractivity contribution < 1.29 is 14.3 Å². The van der Waals surface area contributed by atoms with Crippen molar-refractivity contribution in [1.29, 1.82) is 0 Å². The first-order valence-electron chi connectivity index (χ1n) is 13.5. The zero-order valence-corrected chi connectivity index (χ0v) is 23.0. The van der Waals surface area contributed by atoms with Gasteiger partial charge in [-0.2, -0.15) is 0 Å². The molecule has 36 heavy (non-hydrogen) atoms. The van der Waals surface area contributed by atoms with Crippen LogP contribution in [0.15, 0.2) is 65.7 Å². The molecule has 0 saturated carbocycles. The molecule has 1 amide bonds. The van der Waals surface area contributed by atoms with Crippen molar-refractivity contribution in [2.75, 3.05) is 6.61 Å². The van der Waals surface area contributed by atoms with E-state index in [1.165, 1.54) is 12.8 Å². The molecule has 2 aromatic carbocycles. The SMILES string of the molecule is CCCCCC[C@@H](OC(=O)N1C(C)(C)COC1(C)C)[C@@H](CC)N=C(c1ccccc1)c1ccccc1. The van der Waals surface area contributed by atoms with Crippen LogP contribution in [0.2, 0.25) is 0 Å². The van der Waals surface area contributed by atoms with Crippen LogP contribution in [0.25, 0.3) is 0 Å². The number of hydrogen-bond acceptors (Lipinski definition) is 4. The molecule has 1 aliphatic rings. The number of benzene rings is 2. The minimum Gasteiger partial charge on any atom is -0.444 e. The Morgan fingerprint density at radius 2 is 1.53 bits per heavy atom. The Morgan fingerprint density at radius 1 is 0.944 bits per heavy atom. The highest BCUT2D eigenvalue weighted by Crippen LogP contribution is 2.36. The first-order chi connectivity index (χ1) is 17.2. The van der Waals surface area contributed by atoms with Gasteiger partial charge in [-0.15, -0.1) is 0 Å². The van der Waals surface area contributed by atoms with E-state index in [1.807, 2.05) is 64.1 Å². The fraction of sp³-hybridized carbons (Fsp3) is 0.548. The molecule has 0 N–H and O–H groups in total. The van der Waals surface area contributed by atoms with Gasteiger partial charge in [0.15, 0.2) is 0 Å². The summed E-state index contributed by atoms with van der Waals surface area (Å²) in [5.74, 6) is 0. The second kappa shape index (κ2) is 12.5. The molecule has 3 rings (SSSR count). The van der Waals surface area contributed by atoms with Crippen molar-refractivity contribution in [3.05, 3.63) is 71.8 Å². The van der Waals surface area contributed by atoms with E-state index in [9.17, 15) is 4.79 Å². The van der Waals surface area contributed by atoms with Gasteiger partial charge >= 0.3 is 6.09 Å². The van der Waals surface area contributed by atoms with E-state index in [-0.39, 0.29) is 18.2 Å². The van der Waals surface area contributed by atoms with E-state index in [1.54, 1.807) is 4.90 Å². The van der Waals surface area contributed by atoms with E-state index in [0.29, 0.717) is 6.61 Å². The summed E-state index contributed by atoms with van der Waals surface area (Å²) in [6, 6.07) is 20.4. The molecule has 196 valence electrons. The molecule has 1 heterocycles. The van der Waals surface area contributed by atoms with Crippen molar-refractivity contribution in [3.63, 3.8) is 0 Å². The number of rotatable bonds is 11. The van der Waals surface area contributed by atoms with Crippen LogP contribution in [-0.2, 0) is 9.47 Å². The molecule has 1 fully saturated rings. The number of amides is 1. The van der Waals surface area contributed by atoms with Gasteiger partial charge in [0.25, 0.3) is 0 Å². The molecule has 2 atom stereocenters. The molecule has 5 nitrogen and oxygen atoms in total. The summed E-state index contributed by atoms with van der Waals surface area (Å²) in [6.07, 6.45) is 5.41. The second-order valence-electron chi connectivity index (χ2n) is 10.8. The number of aliphatic imine (C=N–C) groups is 1. The zero-order valence-electron chi connectivity index (χ0n) is 23.0. The van der Waals surface area contributed by atoms with Gasteiger partial charge in [-0.05, 0) is 47.0 Å².